The molecule has 43 heavy (non-hydrogen) atoms. The van der Waals surface area contributed by atoms with E-state index in [2.05, 4.69) is 20.4 Å². The van der Waals surface area contributed by atoms with Gasteiger partial charge in [-0.2, -0.15) is 5.10 Å². The lowest BCUT2D eigenvalue weighted by molar-refractivity contribution is 0.0827. The average Bonchev–Trinajstić information content (AvgIpc) is 3.49. The Kier molecular flexibility index (Phi) is 10.4. The number of pyridine rings is 1. The molecule has 0 aliphatic carbocycles. The normalized spacial score (nSPS) is 14.0. The topological polar surface area (TPSA) is 96.2 Å². The molecule has 1 aliphatic heterocycles. The van der Waals surface area contributed by atoms with E-state index in [0.29, 0.717) is 41.2 Å². The van der Waals surface area contributed by atoms with Crippen LogP contribution in [0, 0.1) is 5.82 Å². The number of amides is 1. The molecule has 1 aliphatic rings. The molecule has 4 aromatic rings. The van der Waals surface area contributed by atoms with Crippen LogP contribution in [0.2, 0.25) is 0 Å². The van der Waals surface area contributed by atoms with Gasteiger partial charge in [-0.1, -0.05) is 50.3 Å². The first-order valence-corrected chi connectivity index (χ1v) is 15.8. The summed E-state index contributed by atoms with van der Waals surface area (Å²) in [6.45, 7) is 7.62. The largest absolute Gasteiger partial charge is 0.378 e. The van der Waals surface area contributed by atoms with E-state index in [1.165, 1.54) is 17.3 Å². The molecule has 9 nitrogen and oxygen atoms in total. The minimum atomic E-state index is -1.17. The van der Waals surface area contributed by atoms with E-state index >= 15 is 4.39 Å². The van der Waals surface area contributed by atoms with Gasteiger partial charge in [0.2, 0.25) is 0 Å². The molecule has 1 unspecified atom stereocenters. The van der Waals surface area contributed by atoms with Gasteiger partial charge in [0.15, 0.2) is 11.6 Å². The van der Waals surface area contributed by atoms with Crippen LogP contribution in [0.1, 0.15) is 59.7 Å². The molecule has 0 fully saturated rings. The number of carbonyl (C=O) groups is 1. The maximum Gasteiger partial charge on any atom is 0.253 e. The van der Waals surface area contributed by atoms with Crippen LogP contribution in [0.15, 0.2) is 66.0 Å². The molecule has 11 heteroatoms. The number of carbonyl (C=O) groups excluding carboxylic acids is 1. The third-order valence-electron chi connectivity index (χ3n) is 7.01. The number of fused-ring (bicyclic) bond motifs is 1. The summed E-state index contributed by atoms with van der Waals surface area (Å²) >= 11 is 0. The summed E-state index contributed by atoms with van der Waals surface area (Å²) in [5.41, 5.74) is 3.43. The van der Waals surface area contributed by atoms with Crippen molar-refractivity contribution in [2.45, 2.75) is 44.8 Å². The highest BCUT2D eigenvalue weighted by Gasteiger charge is 2.22. The van der Waals surface area contributed by atoms with Gasteiger partial charge in [0.1, 0.15) is 12.2 Å². The van der Waals surface area contributed by atoms with E-state index < -0.39 is 16.6 Å². The Hall–Kier alpha value is -4.38. The fourth-order valence-electron chi connectivity index (χ4n) is 4.91. The third kappa shape index (κ3) is 7.16. The first kappa shape index (κ1) is 31.6. The van der Waals surface area contributed by atoms with Crippen LogP contribution < -0.4 is 10.2 Å². The van der Waals surface area contributed by atoms with E-state index in [1.807, 2.05) is 72.8 Å². The second-order valence-electron chi connectivity index (χ2n) is 10.1. The molecule has 0 saturated carbocycles. The molecular formula is C32H38FN7O2S. The molecular weight excluding hydrogens is 565 g/mol. The Morgan fingerprint density at radius 1 is 1.09 bits per heavy atom. The van der Waals surface area contributed by atoms with E-state index in [9.17, 15) is 9.00 Å². The zero-order chi connectivity index (χ0) is 31.1. The highest BCUT2D eigenvalue weighted by Crippen LogP contribution is 2.30. The van der Waals surface area contributed by atoms with Crippen molar-refractivity contribution >= 4 is 40.4 Å². The number of nitrogens with one attached hydrogen (secondary N) is 1. The third-order valence-corrected chi connectivity index (χ3v) is 7.98. The van der Waals surface area contributed by atoms with Gasteiger partial charge in [-0.05, 0) is 47.9 Å². The molecule has 2 aromatic heterocycles. The number of benzene rings is 2. The summed E-state index contributed by atoms with van der Waals surface area (Å²) in [4.78, 5) is 25.9. The number of halogens is 1. The molecule has 0 radical (unpaired) electrons. The Labute approximate surface area is 254 Å². The lowest BCUT2D eigenvalue weighted by Gasteiger charge is -2.27. The second-order valence-corrected chi connectivity index (χ2v) is 11.4. The Morgan fingerprint density at radius 3 is 2.58 bits per heavy atom. The average molecular weight is 604 g/mol. The summed E-state index contributed by atoms with van der Waals surface area (Å²) in [7, 11) is 2.24. The number of rotatable bonds is 8. The van der Waals surface area contributed by atoms with Gasteiger partial charge < -0.3 is 15.1 Å². The van der Waals surface area contributed by atoms with E-state index in [-0.39, 0.29) is 17.8 Å². The lowest BCUT2D eigenvalue weighted by Crippen LogP contribution is -2.35. The van der Waals surface area contributed by atoms with Crippen LogP contribution in [0.5, 0.6) is 0 Å². The van der Waals surface area contributed by atoms with Crippen LogP contribution in [0.25, 0.3) is 12.2 Å². The zero-order valence-electron chi connectivity index (χ0n) is 25.4. The number of hydrogen-bond acceptors (Lipinski definition) is 7. The van der Waals surface area contributed by atoms with E-state index in [4.69, 9.17) is 0 Å². The molecule has 0 saturated heterocycles. The smallest absolute Gasteiger partial charge is 0.253 e. The molecule has 226 valence electrons. The minimum Gasteiger partial charge on any atom is -0.378 e. The highest BCUT2D eigenvalue weighted by molar-refractivity contribution is 7.84. The monoisotopic (exact) mass is 603 g/mol. The standard InChI is InChI=1S/C30H32FN7O2S.C2H6/c1-20(35-26-10-5-6-11-27(26)41(4)40)22-8-7-9-24(30(39)36(2)3)23(22)13-12-21-16-25(31)29(32-17-21)37-14-15-38-28(18-37)33-19-34-38;1-2/h5-13,16-17,19-20,35H,14-15,18H2,1-4H3;1-2H3/b13-12+;/t20-,41?;/m1./s1. The summed E-state index contributed by atoms with van der Waals surface area (Å²) in [6.07, 6.45) is 8.36. The number of para-hydroxylation sites is 1. The highest BCUT2D eigenvalue weighted by atomic mass is 32.2. The maximum atomic E-state index is 15.3. The second kappa shape index (κ2) is 14.2. The van der Waals surface area contributed by atoms with E-state index in [0.717, 1.165) is 17.1 Å². The van der Waals surface area contributed by atoms with Crippen molar-refractivity contribution < 1.29 is 13.4 Å². The molecule has 1 N–H and O–H groups in total. The van der Waals surface area contributed by atoms with Crippen molar-refractivity contribution in [3.05, 3.63) is 95.0 Å². The van der Waals surface area contributed by atoms with Crippen LogP contribution >= 0.6 is 0 Å². The zero-order valence-corrected chi connectivity index (χ0v) is 26.2. The van der Waals surface area contributed by atoms with Crippen LogP contribution in [-0.2, 0) is 23.9 Å². The molecule has 2 atom stereocenters. The Balaban J connectivity index is 0.00000207. The Bertz CT molecular complexity index is 1640. The summed E-state index contributed by atoms with van der Waals surface area (Å²) in [6, 6.07) is 14.3. The first-order chi connectivity index (χ1) is 20.7. The molecule has 2 aromatic carbocycles. The van der Waals surface area contributed by atoms with Crippen molar-refractivity contribution in [2.75, 3.05) is 37.1 Å². The van der Waals surface area contributed by atoms with Crippen molar-refractivity contribution in [1.29, 1.82) is 0 Å². The van der Waals surface area contributed by atoms with Gasteiger partial charge in [-0.3, -0.25) is 9.00 Å². The summed E-state index contributed by atoms with van der Waals surface area (Å²) in [5.74, 6) is 0.459. The number of nitrogens with zero attached hydrogens (tertiary/aromatic N) is 6. The predicted octanol–water partition coefficient (Wildman–Crippen LogP) is 5.64. The number of anilines is 2. The predicted molar refractivity (Wildman–Crippen MR) is 171 cm³/mol. The summed E-state index contributed by atoms with van der Waals surface area (Å²) < 4.78 is 29.3. The van der Waals surface area contributed by atoms with Crippen LogP contribution in [0.4, 0.5) is 15.9 Å². The first-order valence-electron chi connectivity index (χ1n) is 14.2. The minimum absolute atomic E-state index is 0.147. The van der Waals surface area contributed by atoms with Crippen molar-refractivity contribution in [2.24, 2.45) is 0 Å². The molecule has 5 rings (SSSR count). The van der Waals surface area contributed by atoms with Gasteiger partial charge in [0.05, 0.1) is 34.5 Å². The fourth-order valence-corrected chi connectivity index (χ4v) is 5.62. The summed E-state index contributed by atoms with van der Waals surface area (Å²) in [5, 5.41) is 7.63. The Morgan fingerprint density at radius 2 is 1.86 bits per heavy atom. The van der Waals surface area contributed by atoms with Gasteiger partial charge in [-0.15, -0.1) is 0 Å². The lowest BCUT2D eigenvalue weighted by atomic mass is 9.94. The van der Waals surface area contributed by atoms with Crippen molar-refractivity contribution in [3.8, 4) is 0 Å². The molecule has 0 spiro atoms. The van der Waals surface area contributed by atoms with Gasteiger partial charge in [0.25, 0.3) is 5.91 Å². The van der Waals surface area contributed by atoms with Crippen molar-refractivity contribution in [1.82, 2.24) is 24.6 Å². The van der Waals surface area contributed by atoms with Gasteiger partial charge >= 0.3 is 0 Å². The van der Waals surface area contributed by atoms with E-state index in [1.54, 1.807) is 38.7 Å². The van der Waals surface area contributed by atoms with Crippen molar-refractivity contribution in [3.63, 3.8) is 0 Å². The van der Waals surface area contributed by atoms with Gasteiger partial charge in [0, 0.05) is 44.7 Å². The fraction of sp³-hybridized carbons (Fsp3) is 0.312. The number of hydrogen-bond donors (Lipinski definition) is 1. The maximum absolute atomic E-state index is 15.3. The SMILES string of the molecule is CC.C[C@@H](Nc1ccccc1S(C)=O)c1cccc(C(=O)N(C)C)c1/C=C/c1cnc(N2CCn3ncnc3C2)c(F)c1. The molecule has 0 bridgehead atoms. The van der Waals surface area contributed by atoms with Crippen LogP contribution in [0.3, 0.4) is 0 Å². The van der Waals surface area contributed by atoms with Gasteiger partial charge in [-0.25, -0.2) is 19.0 Å². The molecule has 3 heterocycles. The quantitative estimate of drug-likeness (QED) is 0.278. The van der Waals surface area contributed by atoms with Crippen LogP contribution in [-0.4, -0.2) is 61.7 Å². The number of aromatic nitrogens is 4. The molecule has 1 amide bonds.